The molecule has 8 atom stereocenters. The Morgan fingerprint density at radius 1 is 0.815 bits per heavy atom. The van der Waals surface area contributed by atoms with Gasteiger partial charge in [0.25, 0.3) is 0 Å². The zero-order chi connectivity index (χ0) is 38.1. The Balaban J connectivity index is 0.904. The maximum atomic E-state index is 13.4. The molecule has 5 aliphatic carbocycles. The van der Waals surface area contributed by atoms with E-state index in [9.17, 15) is 18.3 Å². The van der Waals surface area contributed by atoms with Gasteiger partial charge in [-0.2, -0.15) is 4.31 Å². The molecular weight excluding hydrogens is 691 g/mol. The van der Waals surface area contributed by atoms with Gasteiger partial charge >= 0.3 is 5.97 Å². The summed E-state index contributed by atoms with van der Waals surface area (Å²) >= 11 is 0. The first kappa shape index (κ1) is 38.4. The van der Waals surface area contributed by atoms with E-state index >= 15 is 0 Å². The van der Waals surface area contributed by atoms with E-state index in [0.717, 1.165) is 68.3 Å². The molecule has 0 aromatic heterocycles. The van der Waals surface area contributed by atoms with Crippen molar-refractivity contribution in [3.63, 3.8) is 0 Å². The van der Waals surface area contributed by atoms with Crippen molar-refractivity contribution in [1.29, 1.82) is 0 Å². The number of hydrogen-bond acceptors (Lipinski definition) is 5. The lowest BCUT2D eigenvalue weighted by Crippen LogP contribution is -2.64. The van der Waals surface area contributed by atoms with Gasteiger partial charge < -0.3 is 10.4 Å². The first-order valence-corrected chi connectivity index (χ1v) is 22.8. The Hall–Kier alpha value is -2.52. The highest BCUT2D eigenvalue weighted by Gasteiger charge is 2.65. The Bertz CT molecular complexity index is 1850. The van der Waals surface area contributed by atoms with Gasteiger partial charge in [-0.25, -0.2) is 13.2 Å². The smallest absolute Gasteiger partial charge is 0.335 e. The molecule has 2 aromatic rings. The zero-order valence-electron chi connectivity index (χ0n) is 33.6. The van der Waals surface area contributed by atoms with Gasteiger partial charge in [0.2, 0.25) is 10.0 Å². The van der Waals surface area contributed by atoms with E-state index in [1.807, 2.05) is 24.3 Å². The number of carboxylic acids is 1. The van der Waals surface area contributed by atoms with Gasteiger partial charge in [-0.1, -0.05) is 71.4 Å². The van der Waals surface area contributed by atoms with Crippen LogP contribution in [0.2, 0.25) is 0 Å². The maximum Gasteiger partial charge on any atom is 0.335 e. The van der Waals surface area contributed by atoms with E-state index in [0.29, 0.717) is 34.9 Å². The van der Waals surface area contributed by atoms with Gasteiger partial charge in [0.05, 0.1) is 10.5 Å². The number of aryl methyl sites for hydroxylation is 1. The van der Waals surface area contributed by atoms with Crippen LogP contribution in [-0.2, 0) is 16.4 Å². The molecule has 2 aromatic carbocycles. The lowest BCUT2D eigenvalue weighted by atomic mass is 9.37. The summed E-state index contributed by atoms with van der Waals surface area (Å²) in [6, 6.07) is 15.0. The first-order chi connectivity index (χ1) is 25.7. The third kappa shape index (κ3) is 6.24. The Morgan fingerprint density at radius 2 is 1.54 bits per heavy atom. The number of piperazine rings is 1. The monoisotopic (exact) mass is 755 g/mol. The van der Waals surface area contributed by atoms with Crippen molar-refractivity contribution >= 4 is 21.6 Å². The van der Waals surface area contributed by atoms with Crippen LogP contribution in [0, 0.1) is 45.8 Å². The second-order valence-electron chi connectivity index (χ2n) is 19.3. The van der Waals surface area contributed by atoms with Crippen molar-refractivity contribution in [2.75, 3.05) is 39.3 Å². The van der Waals surface area contributed by atoms with E-state index in [-0.39, 0.29) is 16.4 Å². The number of carbonyl (C=O) groups is 1. The molecule has 5 fully saturated rings. The number of rotatable bonds is 9. The van der Waals surface area contributed by atoms with Crippen LogP contribution in [0.15, 0.2) is 59.5 Å². The number of benzene rings is 2. The average Bonchev–Trinajstić information content (AvgIpc) is 3.59. The standard InChI is InChI=1S/C46H65N3O4S/c1-6-32-9-15-35(16-10-32)54(52,53)49-30-28-48(29-31-49)27-26-47-46-22-7-8-39(46)36-17-18-41-44(4,38(36)20-25-46)24-21-40-43(2,3)37(19-23-45(40,41)5)33-11-13-34(14-12-33)42(50)51/h9-16,19,36,38-41,47H,6-8,17-18,20-31H2,1-5H3,(H,50,51)/t36-,38?,39?,40?,41?,44-,45-,46-/m0/s1. The highest BCUT2D eigenvalue weighted by atomic mass is 32.2. The molecule has 7 nitrogen and oxygen atoms in total. The van der Waals surface area contributed by atoms with Crippen LogP contribution in [-0.4, -0.2) is 73.5 Å². The Morgan fingerprint density at radius 3 is 2.22 bits per heavy atom. The number of aromatic carboxylic acids is 1. The van der Waals surface area contributed by atoms with E-state index in [1.54, 1.807) is 28.6 Å². The van der Waals surface area contributed by atoms with Crippen molar-refractivity contribution in [3.8, 4) is 0 Å². The van der Waals surface area contributed by atoms with Crippen LogP contribution in [0.5, 0.6) is 0 Å². The molecule has 4 saturated carbocycles. The van der Waals surface area contributed by atoms with Crippen molar-refractivity contribution in [2.45, 2.75) is 116 Å². The van der Waals surface area contributed by atoms with Gasteiger partial charge in [0, 0.05) is 44.8 Å². The van der Waals surface area contributed by atoms with Gasteiger partial charge in [0.1, 0.15) is 0 Å². The molecule has 0 spiro atoms. The molecule has 8 rings (SSSR count). The van der Waals surface area contributed by atoms with Gasteiger partial charge in [0.15, 0.2) is 0 Å². The predicted molar refractivity (Wildman–Crippen MR) is 217 cm³/mol. The third-order valence-electron chi connectivity index (χ3n) is 16.7. The van der Waals surface area contributed by atoms with Crippen LogP contribution in [0.1, 0.15) is 120 Å². The molecule has 2 N–H and O–H groups in total. The Kier molecular flexibility index (Phi) is 10.0. The van der Waals surface area contributed by atoms with Crippen molar-refractivity contribution in [3.05, 3.63) is 71.3 Å². The minimum absolute atomic E-state index is 0.0363. The minimum Gasteiger partial charge on any atom is -0.478 e. The highest BCUT2D eigenvalue weighted by molar-refractivity contribution is 7.89. The number of hydrogen-bond donors (Lipinski definition) is 2. The average molecular weight is 756 g/mol. The molecule has 4 unspecified atom stereocenters. The normalized spacial score (nSPS) is 36.7. The van der Waals surface area contributed by atoms with E-state index in [2.05, 4.69) is 50.9 Å². The van der Waals surface area contributed by atoms with Crippen LogP contribution < -0.4 is 5.32 Å². The molecule has 0 bridgehead atoms. The molecule has 1 heterocycles. The SMILES string of the molecule is CCc1ccc(S(=O)(=O)N2CCN(CCN[C@]34CCCC3[C@H]3CCC5[C@@](C)(CCC6C(C)(C)C(c7ccc(C(=O)O)cc7)=CC[C@@]65C)C3CC4)CC2)cc1. The quantitative estimate of drug-likeness (QED) is 0.266. The topological polar surface area (TPSA) is 90.0 Å². The largest absolute Gasteiger partial charge is 0.478 e. The van der Waals surface area contributed by atoms with Gasteiger partial charge in [-0.15, -0.1) is 0 Å². The molecule has 8 heteroatoms. The summed E-state index contributed by atoms with van der Waals surface area (Å²) in [5, 5.41) is 13.7. The molecule has 294 valence electrons. The van der Waals surface area contributed by atoms with Crippen LogP contribution in [0.25, 0.3) is 5.57 Å². The molecule has 1 saturated heterocycles. The molecular formula is C46H65N3O4S. The fourth-order valence-corrected chi connectivity index (χ4v) is 15.5. The second-order valence-corrected chi connectivity index (χ2v) is 21.2. The molecule has 0 amide bonds. The minimum atomic E-state index is -3.45. The zero-order valence-corrected chi connectivity index (χ0v) is 34.4. The second kappa shape index (κ2) is 14.1. The van der Waals surface area contributed by atoms with E-state index in [4.69, 9.17) is 0 Å². The number of nitrogens with zero attached hydrogens (tertiary/aromatic N) is 2. The van der Waals surface area contributed by atoms with Crippen molar-refractivity contribution < 1.29 is 18.3 Å². The van der Waals surface area contributed by atoms with Crippen molar-refractivity contribution in [2.24, 2.45) is 45.8 Å². The summed E-state index contributed by atoms with van der Waals surface area (Å²) in [7, 11) is -3.45. The summed E-state index contributed by atoms with van der Waals surface area (Å²) in [4.78, 5) is 14.4. The molecule has 54 heavy (non-hydrogen) atoms. The summed E-state index contributed by atoms with van der Waals surface area (Å²) in [6.07, 6.45) is 16.5. The lowest BCUT2D eigenvalue weighted by molar-refractivity contribution is -0.172. The third-order valence-corrected chi connectivity index (χ3v) is 18.7. The first-order valence-electron chi connectivity index (χ1n) is 21.3. The number of fused-ring (bicyclic) bond motifs is 7. The van der Waals surface area contributed by atoms with Crippen LogP contribution in [0.3, 0.4) is 0 Å². The molecule has 6 aliphatic rings. The number of carboxylic acid groups (broad SMARTS) is 1. The van der Waals surface area contributed by atoms with Crippen molar-refractivity contribution in [1.82, 2.24) is 14.5 Å². The Labute approximate surface area is 325 Å². The fraction of sp³-hybridized carbons (Fsp3) is 0.674. The highest BCUT2D eigenvalue weighted by Crippen LogP contribution is 2.72. The van der Waals surface area contributed by atoms with Gasteiger partial charge in [-0.05, 0) is 151 Å². The van der Waals surface area contributed by atoms with Gasteiger partial charge in [-0.3, -0.25) is 4.90 Å². The lowest BCUT2D eigenvalue weighted by Gasteiger charge is -2.68. The summed E-state index contributed by atoms with van der Waals surface area (Å²) in [5.74, 6) is 2.86. The maximum absolute atomic E-state index is 13.4. The van der Waals surface area contributed by atoms with E-state index in [1.165, 1.54) is 68.9 Å². The molecule has 0 radical (unpaired) electrons. The predicted octanol–water partition coefficient (Wildman–Crippen LogP) is 8.75. The van der Waals surface area contributed by atoms with E-state index < -0.39 is 16.0 Å². The number of sulfonamides is 1. The summed E-state index contributed by atoms with van der Waals surface area (Å²) in [6.45, 7) is 17.0. The summed E-state index contributed by atoms with van der Waals surface area (Å²) in [5.41, 5.74) is 5.07. The fourth-order valence-electron chi connectivity index (χ4n) is 14.1. The van der Waals surface area contributed by atoms with Crippen LogP contribution >= 0.6 is 0 Å². The summed E-state index contributed by atoms with van der Waals surface area (Å²) < 4.78 is 28.4. The number of nitrogens with one attached hydrogen (secondary N) is 1. The number of allylic oxidation sites excluding steroid dienone is 2. The molecule has 1 aliphatic heterocycles. The van der Waals surface area contributed by atoms with Crippen LogP contribution in [0.4, 0.5) is 0 Å².